The zero-order valence-electron chi connectivity index (χ0n) is 23.2. The molecule has 220 valence electrons. The van der Waals surface area contributed by atoms with Crippen molar-refractivity contribution in [2.24, 2.45) is 0 Å². The van der Waals surface area contributed by atoms with Crippen molar-refractivity contribution in [2.45, 2.75) is 56.0 Å². The smallest absolute Gasteiger partial charge is 0.319 e. The van der Waals surface area contributed by atoms with Crippen LogP contribution in [0.5, 0.6) is 6.01 Å². The van der Waals surface area contributed by atoms with Crippen molar-refractivity contribution in [3.05, 3.63) is 34.9 Å². The Balaban J connectivity index is 1.25. The van der Waals surface area contributed by atoms with Crippen LogP contribution in [0.2, 0.25) is 5.02 Å². The molecule has 8 nitrogen and oxygen atoms in total. The summed E-state index contributed by atoms with van der Waals surface area (Å²) in [5, 5.41) is 4.52. The number of aromatic nitrogens is 3. The van der Waals surface area contributed by atoms with E-state index in [-0.39, 0.29) is 48.5 Å². The summed E-state index contributed by atoms with van der Waals surface area (Å²) < 4.78 is 37.9. The minimum absolute atomic E-state index is 0.000151. The Morgan fingerprint density at radius 1 is 1.00 bits per heavy atom. The van der Waals surface area contributed by atoms with Crippen molar-refractivity contribution < 1.29 is 13.5 Å². The zero-order chi connectivity index (χ0) is 28.6. The Morgan fingerprint density at radius 2 is 1.76 bits per heavy atom. The fourth-order valence-electron chi connectivity index (χ4n) is 7.62. The van der Waals surface area contributed by atoms with Gasteiger partial charge in [0, 0.05) is 35.1 Å². The molecule has 0 unspecified atom stereocenters. The van der Waals surface area contributed by atoms with Gasteiger partial charge in [0.15, 0.2) is 10.9 Å². The third-order valence-corrected chi connectivity index (χ3v) is 11.2. The van der Waals surface area contributed by atoms with Gasteiger partial charge in [-0.05, 0) is 82.8 Å². The first-order chi connectivity index (χ1) is 20.3. The van der Waals surface area contributed by atoms with E-state index in [9.17, 15) is 4.39 Å². The highest BCUT2D eigenvalue weighted by atomic mass is 35.5. The maximum absolute atomic E-state index is 16.7. The van der Waals surface area contributed by atoms with Gasteiger partial charge in [-0.1, -0.05) is 22.9 Å². The van der Waals surface area contributed by atoms with Crippen molar-refractivity contribution in [1.82, 2.24) is 25.2 Å². The van der Waals surface area contributed by atoms with Crippen LogP contribution in [0, 0.1) is 11.6 Å². The average molecular weight is 612 g/mol. The van der Waals surface area contributed by atoms with Crippen molar-refractivity contribution in [3.63, 3.8) is 0 Å². The first-order valence-electron chi connectivity index (χ1n) is 14.8. The van der Waals surface area contributed by atoms with E-state index in [0.717, 1.165) is 82.6 Å². The van der Waals surface area contributed by atoms with Crippen LogP contribution in [0.25, 0.3) is 32.2 Å². The summed E-state index contributed by atoms with van der Waals surface area (Å²) >= 11 is 7.84. The summed E-state index contributed by atoms with van der Waals surface area (Å²) in [5.41, 5.74) is 7.00. The number of benzene rings is 2. The molecule has 6 heterocycles. The van der Waals surface area contributed by atoms with E-state index >= 15 is 4.39 Å². The van der Waals surface area contributed by atoms with E-state index in [1.807, 2.05) is 0 Å². The van der Waals surface area contributed by atoms with Gasteiger partial charge < -0.3 is 20.7 Å². The molecule has 0 bridgehead atoms. The molecule has 0 atom stereocenters. The molecule has 8 rings (SSSR count). The van der Waals surface area contributed by atoms with Crippen LogP contribution in [0.1, 0.15) is 44.9 Å². The molecule has 2 aromatic heterocycles. The van der Waals surface area contributed by atoms with Crippen LogP contribution in [-0.2, 0) is 0 Å². The van der Waals surface area contributed by atoms with Gasteiger partial charge in [-0.25, -0.2) is 13.8 Å². The lowest BCUT2D eigenvalue weighted by atomic mass is 9.79. The number of nitrogens with two attached hydrogens (primary N) is 1. The molecule has 4 fully saturated rings. The van der Waals surface area contributed by atoms with Crippen molar-refractivity contribution >= 4 is 55.0 Å². The standard InChI is InChI=1S/C30H32ClF2N7OS/c31-19-15-18-23(22(33)21(19)17-3-4-20(32)25-24(17)36-27(34)42-25)37-28(41-16-30-5-1-11-40(30)12-2-6-30)38-26(18)39-13-8-29(9-14-39)7-10-35-29/h3-4,15,35H,1-2,5-14,16H2,(H2,34,36). The second-order valence-electron chi connectivity index (χ2n) is 12.2. The summed E-state index contributed by atoms with van der Waals surface area (Å²) in [6, 6.07) is 4.68. The summed E-state index contributed by atoms with van der Waals surface area (Å²) in [6.45, 7) is 5.27. The summed E-state index contributed by atoms with van der Waals surface area (Å²) in [6.07, 6.45) is 7.62. The number of rotatable bonds is 5. The number of piperidine rings is 1. The molecule has 0 amide bonds. The molecule has 0 saturated carbocycles. The van der Waals surface area contributed by atoms with Crippen LogP contribution in [-0.4, -0.2) is 70.3 Å². The van der Waals surface area contributed by atoms with E-state index in [0.29, 0.717) is 23.4 Å². The molecule has 0 aliphatic carbocycles. The molecule has 4 aliphatic heterocycles. The van der Waals surface area contributed by atoms with Gasteiger partial charge in [0.25, 0.3) is 0 Å². The molecule has 12 heteroatoms. The van der Waals surface area contributed by atoms with Crippen molar-refractivity contribution in [1.29, 1.82) is 0 Å². The summed E-state index contributed by atoms with van der Waals surface area (Å²) in [5.74, 6) is -0.441. The van der Waals surface area contributed by atoms with E-state index in [4.69, 9.17) is 27.1 Å². The van der Waals surface area contributed by atoms with Gasteiger partial charge in [-0.3, -0.25) is 4.90 Å². The van der Waals surface area contributed by atoms with Crippen LogP contribution >= 0.6 is 22.9 Å². The largest absolute Gasteiger partial charge is 0.461 e. The molecule has 42 heavy (non-hydrogen) atoms. The highest BCUT2D eigenvalue weighted by molar-refractivity contribution is 7.22. The molecule has 0 radical (unpaired) electrons. The number of hydrogen-bond acceptors (Lipinski definition) is 9. The van der Waals surface area contributed by atoms with Gasteiger partial charge in [-0.2, -0.15) is 9.97 Å². The van der Waals surface area contributed by atoms with E-state index < -0.39 is 11.6 Å². The van der Waals surface area contributed by atoms with Gasteiger partial charge in [-0.15, -0.1) is 0 Å². The lowest BCUT2D eigenvalue weighted by molar-refractivity contribution is 0.107. The molecular weight excluding hydrogens is 580 g/mol. The van der Waals surface area contributed by atoms with E-state index in [1.54, 1.807) is 6.07 Å². The highest BCUT2D eigenvalue weighted by Crippen LogP contribution is 2.44. The number of fused-ring (bicyclic) bond motifs is 3. The maximum atomic E-state index is 16.7. The van der Waals surface area contributed by atoms with Crippen LogP contribution < -0.4 is 20.7 Å². The predicted octanol–water partition coefficient (Wildman–Crippen LogP) is 5.76. The fourth-order valence-corrected chi connectivity index (χ4v) is 8.68. The SMILES string of the molecule is Nc1nc2c(-c3c(Cl)cc4c(N5CCC6(CCN6)CC5)nc(OCC56CCCN5CCC6)nc4c3F)ccc(F)c2s1. The third-order valence-electron chi connectivity index (χ3n) is 10.0. The number of hydrogen-bond donors (Lipinski definition) is 2. The van der Waals surface area contributed by atoms with Crippen LogP contribution in [0.3, 0.4) is 0 Å². The molecule has 4 aliphatic rings. The maximum Gasteiger partial charge on any atom is 0.319 e. The minimum atomic E-state index is -0.610. The topological polar surface area (TPSA) is 92.4 Å². The molecule has 2 aromatic carbocycles. The lowest BCUT2D eigenvalue weighted by Crippen LogP contribution is -2.62. The number of nitrogens with zero attached hydrogens (tertiary/aromatic N) is 5. The molecule has 4 aromatic rings. The van der Waals surface area contributed by atoms with Crippen molar-refractivity contribution in [2.75, 3.05) is 50.0 Å². The van der Waals surface area contributed by atoms with Crippen LogP contribution in [0.4, 0.5) is 19.7 Å². The number of nitrogens with one attached hydrogen (secondary N) is 1. The fraction of sp³-hybridized carbons (Fsp3) is 0.500. The average Bonchev–Trinajstić information content (AvgIpc) is 3.67. The Labute approximate surface area is 251 Å². The number of halogens is 3. The molecule has 3 N–H and O–H groups in total. The second-order valence-corrected chi connectivity index (χ2v) is 13.7. The monoisotopic (exact) mass is 611 g/mol. The summed E-state index contributed by atoms with van der Waals surface area (Å²) in [4.78, 5) is 18.6. The number of anilines is 2. The van der Waals surface area contributed by atoms with Crippen LogP contribution in [0.15, 0.2) is 18.2 Å². The van der Waals surface area contributed by atoms with Gasteiger partial charge in [0.2, 0.25) is 0 Å². The summed E-state index contributed by atoms with van der Waals surface area (Å²) in [7, 11) is 0. The highest BCUT2D eigenvalue weighted by Gasteiger charge is 2.45. The molecule has 4 saturated heterocycles. The Bertz CT molecular complexity index is 1710. The van der Waals surface area contributed by atoms with E-state index in [1.165, 1.54) is 18.6 Å². The zero-order valence-corrected chi connectivity index (χ0v) is 24.8. The second kappa shape index (κ2) is 9.83. The minimum Gasteiger partial charge on any atom is -0.461 e. The Hall–Kier alpha value is -2.86. The normalized spacial score (nSPS) is 21.4. The first kappa shape index (κ1) is 26.7. The lowest BCUT2D eigenvalue weighted by Gasteiger charge is -2.49. The third kappa shape index (κ3) is 4.15. The van der Waals surface area contributed by atoms with Gasteiger partial charge in [0.05, 0.1) is 20.8 Å². The number of ether oxygens (including phenoxy) is 1. The number of thiazole rings is 1. The Morgan fingerprint density at radius 3 is 2.48 bits per heavy atom. The quantitative estimate of drug-likeness (QED) is 0.294. The molecule has 1 spiro atoms. The number of nitrogen functional groups attached to an aromatic ring is 1. The Kier molecular flexibility index (Phi) is 6.26. The van der Waals surface area contributed by atoms with E-state index in [2.05, 4.69) is 25.1 Å². The van der Waals surface area contributed by atoms with Gasteiger partial charge >= 0.3 is 6.01 Å². The van der Waals surface area contributed by atoms with Crippen molar-refractivity contribution in [3.8, 4) is 17.1 Å². The predicted molar refractivity (Wildman–Crippen MR) is 163 cm³/mol. The van der Waals surface area contributed by atoms with Gasteiger partial charge in [0.1, 0.15) is 23.8 Å². The first-order valence-corrected chi connectivity index (χ1v) is 16.0. The molecular formula is C30H32ClF2N7OS.